The molecule has 0 bridgehead atoms. The van der Waals surface area contributed by atoms with Crippen LogP contribution in [0.15, 0.2) is 33.9 Å². The van der Waals surface area contributed by atoms with Crippen molar-refractivity contribution in [3.05, 3.63) is 33.9 Å². The van der Waals surface area contributed by atoms with Crippen LogP contribution in [0.2, 0.25) is 0 Å². The number of hydrogen-bond donors (Lipinski definition) is 7. The first-order valence-corrected chi connectivity index (χ1v) is 5.17. The minimum Gasteiger partial charge on any atom is -0.453 e. The summed E-state index contributed by atoms with van der Waals surface area (Å²) in [6, 6.07) is 0. The average Bonchev–Trinajstić information content (AvgIpc) is 2.61. The second kappa shape index (κ2) is 3.85. The lowest BCUT2D eigenvalue weighted by Gasteiger charge is -2.20. The molecule has 2 aliphatic rings. The highest BCUT2D eigenvalue weighted by Gasteiger charge is 2.37. The Bertz CT molecular complexity index is 626. The van der Waals surface area contributed by atoms with Gasteiger partial charge in [-0.05, 0) is 0 Å². The fraction of sp³-hybridized carbons (Fsp3) is 0.100. The summed E-state index contributed by atoms with van der Waals surface area (Å²) in [5.74, 6) is -1.10. The van der Waals surface area contributed by atoms with Crippen molar-refractivity contribution in [3.63, 3.8) is 0 Å². The molecule has 1 heterocycles. The first-order chi connectivity index (χ1) is 8.77. The molecule has 0 aromatic heterocycles. The minimum atomic E-state index is -0.997. The Kier molecular flexibility index (Phi) is 2.56. The summed E-state index contributed by atoms with van der Waals surface area (Å²) in [5, 5.41) is 15.3. The van der Waals surface area contributed by atoms with Gasteiger partial charge < -0.3 is 27.7 Å². The van der Waals surface area contributed by atoms with E-state index in [0.29, 0.717) is 0 Å². The van der Waals surface area contributed by atoms with Crippen LogP contribution in [-0.4, -0.2) is 23.6 Å². The lowest BCUT2D eigenvalue weighted by atomic mass is 9.89. The Morgan fingerprint density at radius 1 is 0.947 bits per heavy atom. The summed E-state index contributed by atoms with van der Waals surface area (Å²) in [6.07, 6.45) is -0.997. The van der Waals surface area contributed by atoms with Crippen LogP contribution >= 0.6 is 0 Å². The zero-order valence-corrected chi connectivity index (χ0v) is 9.78. The number of rotatable bonds is 1. The summed E-state index contributed by atoms with van der Waals surface area (Å²) < 4.78 is 4.93. The maximum absolute atomic E-state index is 11.6. The number of hydrogen-bond acceptors (Lipinski definition) is 9. The van der Waals surface area contributed by atoms with Crippen LogP contribution in [-0.2, 0) is 9.53 Å². The number of nitrogens with one attached hydrogen (secondary N) is 2. The number of carbonyl (C=O) groups is 1. The molecule has 9 heteroatoms. The molecule has 0 amide bonds. The van der Waals surface area contributed by atoms with E-state index in [1.165, 1.54) is 0 Å². The third-order valence-corrected chi connectivity index (χ3v) is 2.89. The van der Waals surface area contributed by atoms with Crippen LogP contribution in [0.5, 0.6) is 0 Å². The molecule has 1 unspecified atom stereocenters. The molecule has 0 radical (unpaired) electrons. The van der Waals surface area contributed by atoms with E-state index in [1.807, 2.05) is 0 Å². The topological polar surface area (TPSA) is 204 Å². The fourth-order valence-electron chi connectivity index (χ4n) is 1.83. The van der Waals surface area contributed by atoms with Gasteiger partial charge in [0.2, 0.25) is 11.7 Å². The van der Waals surface area contributed by atoms with Crippen molar-refractivity contribution < 1.29 is 9.53 Å². The molecule has 0 aromatic rings. The van der Waals surface area contributed by atoms with Crippen LogP contribution in [0.25, 0.3) is 0 Å². The van der Waals surface area contributed by atoms with E-state index in [9.17, 15) is 4.79 Å². The van der Waals surface area contributed by atoms with E-state index in [2.05, 4.69) is 0 Å². The molecule has 9 nitrogen and oxygen atoms in total. The normalized spacial score (nSPS) is 24.5. The maximum atomic E-state index is 11.6. The molecule has 19 heavy (non-hydrogen) atoms. The van der Waals surface area contributed by atoms with Crippen LogP contribution in [0.1, 0.15) is 0 Å². The van der Waals surface area contributed by atoms with Gasteiger partial charge in [0.05, 0.1) is 22.7 Å². The van der Waals surface area contributed by atoms with Gasteiger partial charge in [0, 0.05) is 5.57 Å². The zero-order valence-electron chi connectivity index (χ0n) is 9.78. The van der Waals surface area contributed by atoms with Gasteiger partial charge >= 0.3 is 0 Å². The standard InChI is InChI=1S/C10H13N7O2/c11-3-1(2-5(13)10(17)19-9(2)16)4(12)7(15)8(18)6(3)14/h10,14,16H,11-13,15,17H2. The van der Waals surface area contributed by atoms with Gasteiger partial charge in [-0.25, -0.2) is 0 Å². The first kappa shape index (κ1) is 12.6. The number of allylic oxidation sites excluding steroid dienone is 3. The van der Waals surface area contributed by atoms with Crippen LogP contribution in [0.3, 0.4) is 0 Å². The molecule has 0 fully saturated rings. The molecule has 12 N–H and O–H groups in total. The second-order valence-electron chi connectivity index (χ2n) is 4.02. The van der Waals surface area contributed by atoms with Gasteiger partial charge in [0.25, 0.3) is 0 Å². The van der Waals surface area contributed by atoms with E-state index in [4.69, 9.17) is 44.2 Å². The minimum absolute atomic E-state index is 0.0394. The molecule has 1 atom stereocenters. The van der Waals surface area contributed by atoms with Crippen molar-refractivity contribution in [2.24, 2.45) is 28.7 Å². The molecule has 100 valence electrons. The Labute approximate surface area is 107 Å². The molecule has 1 aliphatic heterocycles. The molecule has 0 saturated heterocycles. The van der Waals surface area contributed by atoms with Crippen molar-refractivity contribution >= 4 is 17.4 Å². The van der Waals surface area contributed by atoms with Crippen LogP contribution < -0.4 is 28.7 Å². The van der Waals surface area contributed by atoms with E-state index >= 15 is 0 Å². The Morgan fingerprint density at radius 3 is 2.00 bits per heavy atom. The van der Waals surface area contributed by atoms with Crippen molar-refractivity contribution in [3.8, 4) is 0 Å². The van der Waals surface area contributed by atoms with E-state index < -0.39 is 17.7 Å². The molecule has 0 aromatic carbocycles. The highest BCUT2D eigenvalue weighted by Crippen LogP contribution is 2.31. The number of ether oxygens (including phenoxy) is 1. The van der Waals surface area contributed by atoms with Gasteiger partial charge in [-0.1, -0.05) is 0 Å². The van der Waals surface area contributed by atoms with E-state index in [-0.39, 0.29) is 39.8 Å². The molecule has 0 saturated carbocycles. The van der Waals surface area contributed by atoms with Crippen molar-refractivity contribution in [1.29, 1.82) is 10.8 Å². The zero-order chi connectivity index (χ0) is 14.5. The molecule has 0 spiro atoms. The third kappa shape index (κ3) is 1.56. The Morgan fingerprint density at radius 2 is 1.53 bits per heavy atom. The van der Waals surface area contributed by atoms with Gasteiger partial charge in [-0.2, -0.15) is 0 Å². The van der Waals surface area contributed by atoms with Gasteiger partial charge in [-0.15, -0.1) is 0 Å². The summed E-state index contributed by atoms with van der Waals surface area (Å²) >= 11 is 0. The monoisotopic (exact) mass is 263 g/mol. The average molecular weight is 263 g/mol. The number of ketones is 1. The molecule has 1 aliphatic carbocycles. The maximum Gasteiger partial charge on any atom is 0.230 e. The molecular formula is C10H13N7O2. The Hall–Kier alpha value is -2.81. The number of Topliss-reactive ketones (excluding diaryl/α,β-unsaturated/α-hetero) is 1. The molecule has 2 rings (SSSR count). The van der Waals surface area contributed by atoms with Crippen molar-refractivity contribution in [2.45, 2.75) is 6.23 Å². The van der Waals surface area contributed by atoms with Crippen LogP contribution in [0.4, 0.5) is 0 Å². The van der Waals surface area contributed by atoms with Crippen molar-refractivity contribution in [1.82, 2.24) is 0 Å². The highest BCUT2D eigenvalue weighted by molar-refractivity contribution is 6.51. The lowest BCUT2D eigenvalue weighted by molar-refractivity contribution is -0.109. The number of carbonyl (C=O) groups excluding carboxylic acids is 1. The second-order valence-corrected chi connectivity index (χ2v) is 4.02. The van der Waals surface area contributed by atoms with E-state index in [1.54, 1.807) is 0 Å². The Balaban J connectivity index is 2.72. The summed E-state index contributed by atoms with van der Waals surface area (Å²) in [4.78, 5) is 11.6. The number of nitrogens with two attached hydrogens (primary N) is 5. The predicted molar refractivity (Wildman–Crippen MR) is 67.3 cm³/mol. The quantitative estimate of drug-likeness (QED) is 0.251. The summed E-state index contributed by atoms with van der Waals surface area (Å²) in [7, 11) is 0. The SMILES string of the molecule is N=C1OC(N)C(N)=C1C1=C(N)C(=N)C(=O)C(N)=C1N. The van der Waals surface area contributed by atoms with Gasteiger partial charge in [0.15, 0.2) is 6.23 Å². The summed E-state index contributed by atoms with van der Waals surface area (Å²) in [6.45, 7) is 0. The summed E-state index contributed by atoms with van der Waals surface area (Å²) in [5.41, 5.74) is 27.2. The van der Waals surface area contributed by atoms with Crippen molar-refractivity contribution in [2.75, 3.05) is 0 Å². The fourth-order valence-corrected chi connectivity index (χ4v) is 1.83. The molecular weight excluding hydrogens is 250 g/mol. The smallest absolute Gasteiger partial charge is 0.230 e. The van der Waals surface area contributed by atoms with Gasteiger partial charge in [0.1, 0.15) is 11.4 Å². The highest BCUT2D eigenvalue weighted by atomic mass is 16.5. The predicted octanol–water partition coefficient (Wildman–Crippen LogP) is -2.56. The van der Waals surface area contributed by atoms with Gasteiger partial charge in [-0.3, -0.25) is 21.3 Å². The first-order valence-electron chi connectivity index (χ1n) is 5.17. The lowest BCUT2D eigenvalue weighted by Crippen LogP contribution is -2.36. The largest absolute Gasteiger partial charge is 0.453 e. The van der Waals surface area contributed by atoms with Crippen LogP contribution in [0, 0.1) is 10.8 Å². The third-order valence-electron chi connectivity index (χ3n) is 2.89. The van der Waals surface area contributed by atoms with E-state index in [0.717, 1.165) is 0 Å².